The molecule has 0 fully saturated rings. The van der Waals surface area contributed by atoms with Gasteiger partial charge in [0.25, 0.3) is 0 Å². The van der Waals surface area contributed by atoms with Gasteiger partial charge in [-0.3, -0.25) is 4.98 Å². The minimum absolute atomic E-state index is 0.765. The Morgan fingerprint density at radius 1 is 1.44 bits per heavy atom. The van der Waals surface area contributed by atoms with Crippen molar-refractivity contribution in [2.45, 2.75) is 13.5 Å². The molecular weight excluding hydrogens is 308 g/mol. The van der Waals surface area contributed by atoms with Crippen molar-refractivity contribution in [3.63, 3.8) is 0 Å². The third kappa shape index (κ3) is 2.97. The summed E-state index contributed by atoms with van der Waals surface area (Å²) >= 11 is 10.9. The molecule has 0 saturated carbocycles. The standard InChI is InChI=1S/C11H10BrClN2S/c1-7-2-8(5-14-4-7)15-6-9-3-10(12)11(13)16-9/h2-5,15H,6H2,1H3. The molecule has 0 atom stereocenters. The van der Waals surface area contributed by atoms with E-state index in [4.69, 9.17) is 11.6 Å². The van der Waals surface area contributed by atoms with Crippen molar-refractivity contribution in [3.05, 3.63) is 43.8 Å². The lowest BCUT2D eigenvalue weighted by Crippen LogP contribution is -1.97. The van der Waals surface area contributed by atoms with Crippen LogP contribution in [0.2, 0.25) is 4.34 Å². The molecule has 84 valence electrons. The van der Waals surface area contributed by atoms with Crippen LogP contribution in [0.25, 0.3) is 0 Å². The zero-order valence-electron chi connectivity index (χ0n) is 8.63. The van der Waals surface area contributed by atoms with E-state index in [0.717, 1.165) is 26.6 Å². The summed E-state index contributed by atoms with van der Waals surface area (Å²) < 4.78 is 1.75. The molecule has 1 N–H and O–H groups in total. The maximum absolute atomic E-state index is 5.97. The molecule has 16 heavy (non-hydrogen) atoms. The summed E-state index contributed by atoms with van der Waals surface area (Å²) in [5, 5.41) is 3.31. The molecule has 2 rings (SSSR count). The summed E-state index contributed by atoms with van der Waals surface area (Å²) in [6.07, 6.45) is 3.65. The summed E-state index contributed by atoms with van der Waals surface area (Å²) in [6, 6.07) is 4.10. The lowest BCUT2D eigenvalue weighted by atomic mass is 10.3. The van der Waals surface area contributed by atoms with Crippen molar-refractivity contribution >= 4 is 44.6 Å². The Kier molecular flexibility index (Phi) is 3.84. The molecule has 2 nitrogen and oxygen atoms in total. The number of hydrogen-bond acceptors (Lipinski definition) is 3. The van der Waals surface area contributed by atoms with Gasteiger partial charge in [-0.25, -0.2) is 0 Å². The Balaban J connectivity index is 2.02. The first kappa shape index (κ1) is 11.9. The summed E-state index contributed by atoms with van der Waals surface area (Å²) in [6.45, 7) is 2.79. The topological polar surface area (TPSA) is 24.9 Å². The molecule has 0 aliphatic carbocycles. The van der Waals surface area contributed by atoms with Gasteiger partial charge in [0.05, 0.1) is 5.69 Å². The molecule has 2 aromatic heterocycles. The largest absolute Gasteiger partial charge is 0.379 e. The third-order valence-electron chi connectivity index (χ3n) is 2.04. The number of nitrogens with zero attached hydrogens (tertiary/aromatic N) is 1. The first-order valence-corrected chi connectivity index (χ1v) is 6.73. The van der Waals surface area contributed by atoms with Gasteiger partial charge >= 0.3 is 0 Å². The van der Waals surface area contributed by atoms with Gasteiger partial charge in [0.2, 0.25) is 0 Å². The van der Waals surface area contributed by atoms with E-state index in [0.29, 0.717) is 0 Å². The first-order valence-electron chi connectivity index (χ1n) is 4.74. The molecule has 0 aliphatic rings. The van der Waals surface area contributed by atoms with Crippen LogP contribution < -0.4 is 5.32 Å². The van der Waals surface area contributed by atoms with Crippen LogP contribution in [0, 0.1) is 6.92 Å². The van der Waals surface area contributed by atoms with Crippen molar-refractivity contribution < 1.29 is 0 Å². The Hall–Kier alpha value is -0.580. The SMILES string of the molecule is Cc1cncc(NCc2cc(Br)c(Cl)s2)c1. The zero-order chi connectivity index (χ0) is 11.5. The second-order valence-corrected chi connectivity index (χ2v) is 6.03. The van der Waals surface area contributed by atoms with Gasteiger partial charge in [0.15, 0.2) is 0 Å². The van der Waals surface area contributed by atoms with Crippen LogP contribution in [-0.2, 0) is 6.54 Å². The summed E-state index contributed by atoms with van der Waals surface area (Å²) in [4.78, 5) is 5.32. The fraction of sp³-hybridized carbons (Fsp3) is 0.182. The Morgan fingerprint density at radius 2 is 2.25 bits per heavy atom. The fourth-order valence-electron chi connectivity index (χ4n) is 1.32. The number of aryl methyl sites for hydroxylation is 1. The van der Waals surface area contributed by atoms with Crippen LogP contribution in [0.15, 0.2) is 29.0 Å². The van der Waals surface area contributed by atoms with Crippen LogP contribution in [0.3, 0.4) is 0 Å². The van der Waals surface area contributed by atoms with Crippen molar-refractivity contribution in [2.75, 3.05) is 5.32 Å². The average Bonchev–Trinajstić information content (AvgIpc) is 2.56. The molecular formula is C11H10BrClN2S. The Labute approximate surface area is 112 Å². The number of anilines is 1. The predicted molar refractivity (Wildman–Crippen MR) is 73.3 cm³/mol. The van der Waals surface area contributed by atoms with Gasteiger partial charge in [-0.05, 0) is 40.5 Å². The van der Waals surface area contributed by atoms with Crippen LogP contribution >= 0.6 is 38.9 Å². The number of rotatable bonds is 3. The van der Waals surface area contributed by atoms with Gasteiger partial charge in [-0.1, -0.05) is 11.6 Å². The maximum atomic E-state index is 5.97. The quantitative estimate of drug-likeness (QED) is 0.903. The number of hydrogen-bond donors (Lipinski definition) is 1. The smallest absolute Gasteiger partial charge is 0.107 e. The van der Waals surface area contributed by atoms with Gasteiger partial charge < -0.3 is 5.32 Å². The van der Waals surface area contributed by atoms with Gasteiger partial charge in [0.1, 0.15) is 4.34 Å². The molecule has 0 unspecified atom stereocenters. The number of aromatic nitrogens is 1. The summed E-state index contributed by atoms with van der Waals surface area (Å²) in [5.74, 6) is 0. The van der Waals surface area contributed by atoms with Gasteiger partial charge in [0, 0.05) is 28.3 Å². The van der Waals surface area contributed by atoms with Crippen molar-refractivity contribution in [2.24, 2.45) is 0 Å². The summed E-state index contributed by atoms with van der Waals surface area (Å²) in [7, 11) is 0. The molecule has 2 aromatic rings. The monoisotopic (exact) mass is 316 g/mol. The van der Waals surface area contributed by atoms with Gasteiger partial charge in [-0.15, -0.1) is 11.3 Å². The zero-order valence-corrected chi connectivity index (χ0v) is 11.8. The number of halogens is 2. The van der Waals surface area contributed by atoms with Crippen molar-refractivity contribution in [3.8, 4) is 0 Å². The highest BCUT2D eigenvalue weighted by molar-refractivity contribution is 9.10. The highest BCUT2D eigenvalue weighted by atomic mass is 79.9. The first-order chi connectivity index (χ1) is 7.65. The van der Waals surface area contributed by atoms with E-state index < -0.39 is 0 Å². The highest BCUT2D eigenvalue weighted by Crippen LogP contribution is 2.32. The lowest BCUT2D eigenvalue weighted by Gasteiger charge is -2.04. The van der Waals surface area contributed by atoms with Crippen LogP contribution in [0.5, 0.6) is 0 Å². The van der Waals surface area contributed by atoms with E-state index in [1.807, 2.05) is 25.4 Å². The Morgan fingerprint density at radius 3 is 2.88 bits per heavy atom. The van der Waals surface area contributed by atoms with Crippen molar-refractivity contribution in [1.29, 1.82) is 0 Å². The van der Waals surface area contributed by atoms with Crippen LogP contribution in [-0.4, -0.2) is 4.98 Å². The third-order valence-corrected chi connectivity index (χ3v) is 4.51. The van der Waals surface area contributed by atoms with E-state index in [1.54, 1.807) is 11.3 Å². The van der Waals surface area contributed by atoms with E-state index in [-0.39, 0.29) is 0 Å². The molecule has 0 aromatic carbocycles. The van der Waals surface area contributed by atoms with E-state index in [9.17, 15) is 0 Å². The molecule has 0 aliphatic heterocycles. The van der Waals surface area contributed by atoms with E-state index in [2.05, 4.69) is 32.3 Å². The minimum Gasteiger partial charge on any atom is -0.379 e. The molecule has 0 bridgehead atoms. The molecule has 0 spiro atoms. The molecule has 2 heterocycles. The fourth-order valence-corrected chi connectivity index (χ4v) is 3.05. The van der Waals surface area contributed by atoms with Crippen LogP contribution in [0.4, 0.5) is 5.69 Å². The predicted octanol–water partition coefficient (Wildman–Crippen LogP) is 4.48. The normalized spacial score (nSPS) is 10.4. The number of pyridine rings is 1. The van der Waals surface area contributed by atoms with Crippen LogP contribution in [0.1, 0.15) is 10.4 Å². The molecule has 0 amide bonds. The minimum atomic E-state index is 0.765. The Bertz CT molecular complexity index is 479. The van der Waals surface area contributed by atoms with Crippen molar-refractivity contribution in [1.82, 2.24) is 4.98 Å². The lowest BCUT2D eigenvalue weighted by molar-refractivity contribution is 1.16. The molecule has 0 saturated heterocycles. The molecule has 5 heteroatoms. The average molecular weight is 318 g/mol. The second kappa shape index (κ2) is 5.17. The maximum Gasteiger partial charge on any atom is 0.107 e. The summed E-state index contributed by atoms with van der Waals surface area (Å²) in [5.41, 5.74) is 2.18. The molecule has 0 radical (unpaired) electrons. The second-order valence-electron chi connectivity index (χ2n) is 3.44. The number of nitrogens with one attached hydrogen (secondary N) is 1. The highest BCUT2D eigenvalue weighted by Gasteiger charge is 2.04. The number of thiophene rings is 1. The van der Waals surface area contributed by atoms with E-state index in [1.165, 1.54) is 4.88 Å². The van der Waals surface area contributed by atoms with Gasteiger partial charge in [-0.2, -0.15) is 0 Å². The van der Waals surface area contributed by atoms with E-state index >= 15 is 0 Å².